The average molecular weight is 546 g/mol. The number of nitrogens with zero attached hydrogens (tertiary/aromatic N) is 3. The van der Waals surface area contributed by atoms with Gasteiger partial charge in [-0.1, -0.05) is 35.9 Å². The highest BCUT2D eigenvalue weighted by atomic mass is 35.5. The second kappa shape index (κ2) is 10.5. The van der Waals surface area contributed by atoms with Crippen LogP contribution < -0.4 is 4.90 Å². The molecule has 0 saturated carbocycles. The van der Waals surface area contributed by atoms with Gasteiger partial charge >= 0.3 is 12.1 Å². The number of carboxylic acid groups (broad SMARTS) is 1. The van der Waals surface area contributed by atoms with Crippen LogP contribution in [0.2, 0.25) is 5.02 Å². The minimum atomic E-state index is -4.55. The Balaban J connectivity index is 1.74. The van der Waals surface area contributed by atoms with Crippen molar-refractivity contribution in [3.63, 3.8) is 0 Å². The molecule has 1 aliphatic rings. The lowest BCUT2D eigenvalue weighted by molar-refractivity contribution is -0.384. The molecule has 1 N–H and O–H groups in total. The summed E-state index contributed by atoms with van der Waals surface area (Å²) < 4.78 is 39.5. The second-order valence-corrected chi connectivity index (χ2v) is 8.92. The van der Waals surface area contributed by atoms with Crippen molar-refractivity contribution in [1.29, 1.82) is 0 Å². The first-order valence-electron chi connectivity index (χ1n) is 11.1. The summed E-state index contributed by atoms with van der Waals surface area (Å²) in [5.41, 5.74) is -0.757. The van der Waals surface area contributed by atoms with E-state index in [1.807, 2.05) is 0 Å². The number of benzene rings is 3. The van der Waals surface area contributed by atoms with Crippen molar-refractivity contribution in [2.24, 2.45) is 0 Å². The lowest BCUT2D eigenvalue weighted by Gasteiger charge is -2.37. The summed E-state index contributed by atoms with van der Waals surface area (Å²) in [6.45, 7) is -0.162. The topological polar surface area (TPSA) is 104 Å². The fourth-order valence-electron chi connectivity index (χ4n) is 4.11. The maximum atomic E-state index is 13.6. The van der Waals surface area contributed by atoms with Gasteiger partial charge in [0.1, 0.15) is 11.7 Å². The van der Waals surface area contributed by atoms with E-state index >= 15 is 0 Å². The van der Waals surface area contributed by atoms with E-state index < -0.39 is 40.3 Å². The third-order valence-corrected chi connectivity index (χ3v) is 6.21. The fourth-order valence-corrected chi connectivity index (χ4v) is 4.24. The van der Waals surface area contributed by atoms with Crippen molar-refractivity contribution in [3.8, 4) is 0 Å². The molecular weight excluding hydrogens is 527 g/mol. The van der Waals surface area contributed by atoms with Crippen LogP contribution in [0.5, 0.6) is 0 Å². The third-order valence-electron chi connectivity index (χ3n) is 5.96. The molecular formula is C26H19ClF3N3O5. The highest BCUT2D eigenvalue weighted by Gasteiger charge is 2.36. The Hall–Kier alpha value is -4.38. The van der Waals surface area contributed by atoms with Gasteiger partial charge < -0.3 is 14.9 Å². The van der Waals surface area contributed by atoms with Crippen LogP contribution in [0.3, 0.4) is 0 Å². The van der Waals surface area contributed by atoms with Crippen LogP contribution in [-0.4, -0.2) is 32.8 Å². The van der Waals surface area contributed by atoms with Gasteiger partial charge in [0.2, 0.25) is 5.91 Å². The lowest BCUT2D eigenvalue weighted by atomic mass is 10.0. The molecule has 0 aliphatic carbocycles. The Labute approximate surface area is 219 Å². The monoisotopic (exact) mass is 545 g/mol. The Morgan fingerprint density at radius 1 is 1.03 bits per heavy atom. The average Bonchev–Trinajstić information content (AvgIpc) is 2.87. The number of nitro groups is 1. The van der Waals surface area contributed by atoms with Gasteiger partial charge in [-0.2, -0.15) is 13.2 Å². The Morgan fingerprint density at radius 2 is 1.74 bits per heavy atom. The zero-order valence-corrected chi connectivity index (χ0v) is 20.2. The van der Waals surface area contributed by atoms with Crippen LogP contribution >= 0.6 is 11.6 Å². The SMILES string of the molecule is O=C(O)c1ccc(N2C=CN(Cc3cccc(C(F)(F)F)c3)C(=O)[C@@H]2Cc2ccc(Cl)cc2)c([N+](=O)[O-])c1. The number of rotatable bonds is 7. The number of carbonyl (C=O) groups is 2. The standard InChI is InChI=1S/C26H19ClF3N3O5/c27-20-7-4-16(5-8-20)13-23-24(34)31(15-17-2-1-3-19(12-17)26(28,29)30)10-11-32(23)21-9-6-18(25(35)36)14-22(21)33(37)38/h1-12,14,23H,13,15H2,(H,35,36)/t23-/m0/s1. The van der Waals surface area contributed by atoms with E-state index in [-0.39, 0.29) is 29.8 Å². The van der Waals surface area contributed by atoms with Gasteiger partial charge in [0.05, 0.1) is 22.6 Å². The number of aromatic carboxylic acids is 1. The van der Waals surface area contributed by atoms with Crippen molar-refractivity contribution < 1.29 is 32.8 Å². The molecule has 1 aliphatic heterocycles. The van der Waals surface area contributed by atoms with Gasteiger partial charge in [0, 0.05) is 29.9 Å². The number of nitro benzene ring substituents is 1. The number of alkyl halides is 3. The molecule has 1 amide bonds. The van der Waals surface area contributed by atoms with Crippen molar-refractivity contribution in [2.45, 2.75) is 25.2 Å². The normalized spacial score (nSPS) is 15.6. The van der Waals surface area contributed by atoms with E-state index in [9.17, 15) is 38.0 Å². The molecule has 0 saturated heterocycles. The zero-order valence-electron chi connectivity index (χ0n) is 19.4. The molecule has 8 nitrogen and oxygen atoms in total. The van der Waals surface area contributed by atoms with E-state index in [0.717, 1.165) is 18.2 Å². The van der Waals surface area contributed by atoms with E-state index in [2.05, 4.69) is 0 Å². The largest absolute Gasteiger partial charge is 0.478 e. The smallest absolute Gasteiger partial charge is 0.416 e. The summed E-state index contributed by atoms with van der Waals surface area (Å²) in [6.07, 6.45) is -1.72. The first-order chi connectivity index (χ1) is 17.9. The van der Waals surface area contributed by atoms with Gasteiger partial charge in [-0.05, 0) is 47.5 Å². The minimum Gasteiger partial charge on any atom is -0.478 e. The first kappa shape index (κ1) is 26.7. The van der Waals surface area contributed by atoms with Crippen LogP contribution in [0.15, 0.2) is 79.1 Å². The van der Waals surface area contributed by atoms with Crippen molar-refractivity contribution in [2.75, 3.05) is 4.90 Å². The number of halogens is 4. The number of amides is 1. The van der Waals surface area contributed by atoms with Crippen LogP contribution in [0.4, 0.5) is 24.5 Å². The zero-order chi connectivity index (χ0) is 27.6. The van der Waals surface area contributed by atoms with Gasteiger partial charge in [0.15, 0.2) is 0 Å². The summed E-state index contributed by atoms with van der Waals surface area (Å²) >= 11 is 5.96. The van der Waals surface area contributed by atoms with Gasteiger partial charge in [-0.15, -0.1) is 0 Å². The summed E-state index contributed by atoms with van der Waals surface area (Å²) in [7, 11) is 0. The van der Waals surface area contributed by atoms with E-state index in [4.69, 9.17) is 11.6 Å². The molecule has 3 aromatic rings. The minimum absolute atomic E-state index is 0.0118. The number of carboxylic acids is 1. The van der Waals surface area contributed by atoms with Crippen molar-refractivity contribution >= 4 is 34.9 Å². The molecule has 4 rings (SSSR count). The molecule has 0 bridgehead atoms. The molecule has 0 unspecified atom stereocenters. The predicted octanol–water partition coefficient (Wildman–Crippen LogP) is 5.90. The number of carbonyl (C=O) groups excluding carboxylic acids is 1. The molecule has 196 valence electrons. The van der Waals surface area contributed by atoms with Crippen LogP contribution in [0.25, 0.3) is 0 Å². The van der Waals surface area contributed by atoms with Gasteiger partial charge in [-0.25, -0.2) is 4.79 Å². The molecule has 0 aromatic heterocycles. The Kier molecular flexibility index (Phi) is 7.40. The summed E-state index contributed by atoms with van der Waals surface area (Å²) in [4.78, 5) is 38.7. The maximum Gasteiger partial charge on any atom is 0.416 e. The molecule has 38 heavy (non-hydrogen) atoms. The predicted molar refractivity (Wildman–Crippen MR) is 133 cm³/mol. The lowest BCUT2D eigenvalue weighted by Crippen LogP contribution is -2.49. The highest BCUT2D eigenvalue weighted by molar-refractivity contribution is 6.30. The molecule has 12 heteroatoms. The van der Waals surface area contributed by atoms with E-state index in [1.165, 1.54) is 46.5 Å². The van der Waals surface area contributed by atoms with Gasteiger partial charge in [0.25, 0.3) is 5.69 Å². The number of hydrogen-bond acceptors (Lipinski definition) is 5. The van der Waals surface area contributed by atoms with Crippen LogP contribution in [-0.2, 0) is 23.9 Å². The number of anilines is 1. The van der Waals surface area contributed by atoms with Crippen molar-refractivity contribution in [1.82, 2.24) is 4.90 Å². The highest BCUT2D eigenvalue weighted by Crippen LogP contribution is 2.35. The fraction of sp³-hybridized carbons (Fsp3) is 0.154. The molecule has 0 radical (unpaired) electrons. The molecule has 3 aromatic carbocycles. The van der Waals surface area contributed by atoms with Crippen LogP contribution in [0.1, 0.15) is 27.0 Å². The third kappa shape index (κ3) is 5.78. The maximum absolute atomic E-state index is 13.6. The van der Waals surface area contributed by atoms with E-state index in [1.54, 1.807) is 24.3 Å². The summed E-state index contributed by atoms with van der Waals surface area (Å²) in [6, 6.07) is 13.5. The molecule has 0 spiro atoms. The number of hydrogen-bond donors (Lipinski definition) is 1. The first-order valence-corrected chi connectivity index (χ1v) is 11.5. The Morgan fingerprint density at radius 3 is 2.37 bits per heavy atom. The second-order valence-electron chi connectivity index (χ2n) is 8.48. The molecule has 0 fully saturated rings. The Bertz CT molecular complexity index is 1430. The quantitative estimate of drug-likeness (QED) is 0.293. The van der Waals surface area contributed by atoms with E-state index in [0.29, 0.717) is 10.6 Å². The van der Waals surface area contributed by atoms with Gasteiger partial charge in [-0.3, -0.25) is 14.9 Å². The van der Waals surface area contributed by atoms with Crippen LogP contribution in [0, 0.1) is 10.1 Å². The summed E-state index contributed by atoms with van der Waals surface area (Å²) in [5.74, 6) is -1.87. The summed E-state index contributed by atoms with van der Waals surface area (Å²) in [5, 5.41) is 21.5. The van der Waals surface area contributed by atoms with Crippen molar-refractivity contribution in [3.05, 3.63) is 117 Å². The molecule has 1 atom stereocenters. The molecule has 1 heterocycles.